The Balaban J connectivity index is 0.000000840. The molecule has 1 aromatic heterocycles. The molecule has 3 aromatic rings. The molecule has 0 saturated carbocycles. The maximum atomic E-state index is 13.6. The topological polar surface area (TPSA) is 50.3 Å². The molecule has 1 amide bonds. The maximum absolute atomic E-state index is 13.6. The van der Waals surface area contributed by atoms with E-state index >= 15 is 0 Å². The molecule has 2 aromatic carbocycles. The largest absolute Gasteiger partial charge is 0.483 e. The molecule has 4 rings (SSSR count). The van der Waals surface area contributed by atoms with Crippen LogP contribution >= 0.6 is 0 Å². The van der Waals surface area contributed by atoms with E-state index in [0.717, 1.165) is 17.3 Å². The number of aromatic nitrogens is 1. The van der Waals surface area contributed by atoms with Gasteiger partial charge in [-0.25, -0.2) is 9.78 Å². The molecule has 0 aliphatic carbocycles. The van der Waals surface area contributed by atoms with E-state index in [1.54, 1.807) is 6.07 Å². The van der Waals surface area contributed by atoms with E-state index < -0.39 is 23.6 Å². The fourth-order valence-corrected chi connectivity index (χ4v) is 4.54. The molecule has 1 aliphatic heterocycles. The Morgan fingerprint density at radius 1 is 0.889 bits per heavy atom. The first-order valence-corrected chi connectivity index (χ1v) is 11.2. The third-order valence-corrected chi connectivity index (χ3v) is 6.11. The van der Waals surface area contributed by atoms with E-state index in [1.165, 1.54) is 6.07 Å². The smallest absolute Gasteiger partial charge is 0.305 e. The minimum Gasteiger partial charge on any atom is -0.305 e. The Kier molecular flexibility index (Phi) is 8.22. The summed E-state index contributed by atoms with van der Waals surface area (Å²) in [6.45, 7) is 3.71. The molecule has 1 aliphatic rings. The van der Waals surface area contributed by atoms with Crippen LogP contribution in [0.3, 0.4) is 0 Å². The van der Waals surface area contributed by atoms with Crippen molar-refractivity contribution in [1.29, 1.82) is 0 Å². The van der Waals surface area contributed by atoms with Crippen molar-refractivity contribution >= 4 is 17.9 Å². The van der Waals surface area contributed by atoms with Gasteiger partial charge in [-0.05, 0) is 42.7 Å². The standard InChI is InChI=1S/C26H25F3N2O.CF2O/c1-25(2,22-14-9-15-23(30-22)26(27,28)29)17-19-16-21(18-10-5-3-6-11-18)31(24(19)32)20-12-7-4-8-13-20;2-1(3)4/h3-15,19,21H,16-17H2,1-2H3;/t19-,21+;/m0./s1. The Labute approximate surface area is 205 Å². The van der Waals surface area contributed by atoms with E-state index in [1.807, 2.05) is 79.4 Å². The van der Waals surface area contributed by atoms with E-state index in [4.69, 9.17) is 4.79 Å². The zero-order valence-corrected chi connectivity index (χ0v) is 19.7. The number of halogens is 5. The van der Waals surface area contributed by atoms with Crippen LogP contribution in [0.5, 0.6) is 0 Å². The molecular weight excluding hydrogens is 479 g/mol. The highest BCUT2D eigenvalue weighted by Gasteiger charge is 2.44. The average Bonchev–Trinajstić information content (AvgIpc) is 3.14. The number of carbonyl (C=O) groups excluding carboxylic acids is 2. The summed E-state index contributed by atoms with van der Waals surface area (Å²) in [7, 11) is 0. The molecular formula is C27H25F5N2O2. The zero-order valence-electron chi connectivity index (χ0n) is 19.7. The number of benzene rings is 2. The number of hydrogen-bond donors (Lipinski definition) is 0. The normalized spacial score (nSPS) is 18.0. The van der Waals surface area contributed by atoms with Crippen molar-refractivity contribution in [3.8, 4) is 0 Å². The lowest BCUT2D eigenvalue weighted by molar-refractivity contribution is -0.141. The van der Waals surface area contributed by atoms with Crippen molar-refractivity contribution in [2.45, 2.75) is 44.3 Å². The van der Waals surface area contributed by atoms with Gasteiger partial charge in [0, 0.05) is 22.7 Å². The number of amides is 1. The van der Waals surface area contributed by atoms with Crippen LogP contribution in [0, 0.1) is 5.92 Å². The summed E-state index contributed by atoms with van der Waals surface area (Å²) in [4.78, 5) is 27.4. The number of pyridine rings is 1. The van der Waals surface area contributed by atoms with Crippen LogP contribution in [0.25, 0.3) is 0 Å². The predicted molar refractivity (Wildman–Crippen MR) is 126 cm³/mol. The number of nitrogens with zero attached hydrogens (tertiary/aromatic N) is 2. The van der Waals surface area contributed by atoms with Gasteiger partial charge in [-0.3, -0.25) is 4.79 Å². The van der Waals surface area contributed by atoms with E-state index in [9.17, 15) is 26.7 Å². The molecule has 2 atom stereocenters. The van der Waals surface area contributed by atoms with Crippen LogP contribution in [-0.2, 0) is 16.4 Å². The van der Waals surface area contributed by atoms with Crippen molar-refractivity contribution < 1.29 is 31.5 Å². The summed E-state index contributed by atoms with van der Waals surface area (Å²) < 4.78 is 58.9. The summed E-state index contributed by atoms with van der Waals surface area (Å²) >= 11 is 0. The third-order valence-electron chi connectivity index (χ3n) is 6.11. The van der Waals surface area contributed by atoms with Crippen molar-refractivity contribution in [2.75, 3.05) is 4.90 Å². The van der Waals surface area contributed by atoms with Gasteiger partial charge in [0.25, 0.3) is 0 Å². The first-order valence-electron chi connectivity index (χ1n) is 11.2. The number of anilines is 1. The van der Waals surface area contributed by atoms with Crippen LogP contribution in [0.4, 0.5) is 32.4 Å². The lowest BCUT2D eigenvalue weighted by Gasteiger charge is -2.27. The fraction of sp³-hybridized carbons (Fsp3) is 0.296. The number of carbonyl (C=O) groups is 2. The van der Waals surface area contributed by atoms with E-state index in [-0.39, 0.29) is 17.9 Å². The summed E-state index contributed by atoms with van der Waals surface area (Å²) in [5.41, 5.74) is 0.602. The van der Waals surface area contributed by atoms with Crippen LogP contribution in [0.15, 0.2) is 78.9 Å². The van der Waals surface area contributed by atoms with Gasteiger partial charge in [0.05, 0.1) is 6.04 Å². The molecule has 0 spiro atoms. The molecule has 190 valence electrons. The van der Waals surface area contributed by atoms with E-state index in [2.05, 4.69) is 4.98 Å². The van der Waals surface area contributed by atoms with Crippen molar-refractivity contribution in [3.05, 3.63) is 95.8 Å². The van der Waals surface area contributed by atoms with Gasteiger partial charge in [-0.2, -0.15) is 13.2 Å². The second-order valence-corrected chi connectivity index (χ2v) is 9.12. The summed E-state index contributed by atoms with van der Waals surface area (Å²) in [6, 6.07) is 23.2. The first-order chi connectivity index (χ1) is 16.9. The minimum absolute atomic E-state index is 0.00916. The number of para-hydroxylation sites is 1. The molecule has 9 heteroatoms. The van der Waals surface area contributed by atoms with Gasteiger partial charge in [-0.1, -0.05) is 68.4 Å². The SMILES string of the molecule is CC(C)(C[C@@H]1C[C@H](c2ccccc2)N(c2ccccc2)C1=O)c1cccc(C(F)(F)F)n1.O=C(F)F. The number of rotatable bonds is 5. The highest BCUT2D eigenvalue weighted by Crippen LogP contribution is 2.44. The second-order valence-electron chi connectivity index (χ2n) is 9.12. The third kappa shape index (κ3) is 6.53. The lowest BCUT2D eigenvalue weighted by atomic mass is 9.78. The quantitative estimate of drug-likeness (QED) is 0.265. The van der Waals surface area contributed by atoms with Gasteiger partial charge >= 0.3 is 12.5 Å². The summed E-state index contributed by atoms with van der Waals surface area (Å²) in [5, 5.41) is 0. The Hall–Kier alpha value is -3.62. The van der Waals surface area contributed by atoms with Gasteiger partial charge in [-0.15, -0.1) is 8.78 Å². The number of hydrogen-bond acceptors (Lipinski definition) is 3. The Bertz CT molecular complexity index is 1180. The van der Waals surface area contributed by atoms with Crippen LogP contribution in [0.1, 0.15) is 49.7 Å². The van der Waals surface area contributed by atoms with E-state index in [0.29, 0.717) is 18.5 Å². The van der Waals surface area contributed by atoms with Gasteiger partial charge in [0.15, 0.2) is 0 Å². The molecule has 1 fully saturated rings. The van der Waals surface area contributed by atoms with Gasteiger partial charge < -0.3 is 4.90 Å². The Morgan fingerprint density at radius 2 is 1.42 bits per heavy atom. The van der Waals surface area contributed by atoms with Crippen molar-refractivity contribution in [1.82, 2.24) is 4.98 Å². The lowest BCUT2D eigenvalue weighted by Crippen LogP contribution is -2.32. The van der Waals surface area contributed by atoms with Crippen molar-refractivity contribution in [2.24, 2.45) is 5.92 Å². The van der Waals surface area contributed by atoms with Crippen molar-refractivity contribution in [3.63, 3.8) is 0 Å². The average molecular weight is 504 g/mol. The Morgan fingerprint density at radius 3 is 1.97 bits per heavy atom. The first kappa shape index (κ1) is 27.0. The molecule has 36 heavy (non-hydrogen) atoms. The molecule has 1 saturated heterocycles. The predicted octanol–water partition coefficient (Wildman–Crippen LogP) is 7.61. The monoisotopic (exact) mass is 504 g/mol. The zero-order chi connectivity index (χ0) is 26.5. The second kappa shape index (κ2) is 11.0. The molecule has 0 N–H and O–H groups in total. The number of alkyl halides is 3. The summed E-state index contributed by atoms with van der Waals surface area (Å²) in [5.74, 6) is -0.336. The van der Waals surface area contributed by atoms with Crippen LogP contribution in [0.2, 0.25) is 0 Å². The molecule has 0 bridgehead atoms. The van der Waals surface area contributed by atoms with Crippen LogP contribution in [-0.4, -0.2) is 17.2 Å². The molecule has 2 heterocycles. The van der Waals surface area contributed by atoms with Crippen LogP contribution < -0.4 is 4.90 Å². The molecule has 0 radical (unpaired) electrons. The van der Waals surface area contributed by atoms with Gasteiger partial charge in [0.1, 0.15) is 5.69 Å². The van der Waals surface area contributed by atoms with Gasteiger partial charge in [0.2, 0.25) is 5.91 Å². The minimum atomic E-state index is -4.50. The summed E-state index contributed by atoms with van der Waals surface area (Å²) in [6.07, 6.45) is -6.33. The molecule has 0 unspecified atom stereocenters. The molecule has 4 nitrogen and oxygen atoms in total. The highest BCUT2D eigenvalue weighted by molar-refractivity contribution is 5.98. The maximum Gasteiger partial charge on any atom is 0.483 e. The highest BCUT2D eigenvalue weighted by atomic mass is 19.4. The fourth-order valence-electron chi connectivity index (χ4n) is 4.54.